The first-order valence-electron chi connectivity index (χ1n) is 15.6. The van der Waals surface area contributed by atoms with E-state index in [0.717, 1.165) is 4.57 Å². The maximum atomic E-state index is 13.7. The lowest BCUT2D eigenvalue weighted by Gasteiger charge is -2.29. The van der Waals surface area contributed by atoms with Crippen LogP contribution in [0.4, 0.5) is 26.3 Å². The summed E-state index contributed by atoms with van der Waals surface area (Å²) in [6.07, 6.45) is -9.54. The van der Waals surface area contributed by atoms with Crippen molar-refractivity contribution in [3.05, 3.63) is 119 Å². The van der Waals surface area contributed by atoms with Crippen LogP contribution in [0.15, 0.2) is 72.8 Å². The molecule has 4 N–H and O–H groups in total. The summed E-state index contributed by atoms with van der Waals surface area (Å²) in [5.41, 5.74) is 5.69. The van der Waals surface area contributed by atoms with Crippen LogP contribution in [0.2, 0.25) is 0 Å². The van der Waals surface area contributed by atoms with Crippen LogP contribution in [0.3, 0.4) is 0 Å². The van der Waals surface area contributed by atoms with E-state index in [9.17, 15) is 60.5 Å². The molecule has 5 rings (SSSR count). The van der Waals surface area contributed by atoms with Crippen LogP contribution < -0.4 is 5.73 Å². The second-order valence-corrected chi connectivity index (χ2v) is 11.5. The van der Waals surface area contributed by atoms with Gasteiger partial charge in [-0.1, -0.05) is 36.4 Å². The Kier molecular flexibility index (Phi) is 13.1. The smallest absolute Gasteiger partial charge is 0.451 e. The molecule has 14 nitrogen and oxygen atoms in total. The summed E-state index contributed by atoms with van der Waals surface area (Å²) in [5, 5.41) is 25.1. The molecule has 1 amide bonds. The number of ether oxygens (including phenoxy) is 2. The molecule has 1 aromatic heterocycles. The van der Waals surface area contributed by atoms with E-state index in [1.54, 1.807) is 12.1 Å². The molecule has 1 aliphatic heterocycles. The van der Waals surface area contributed by atoms with E-state index in [1.807, 2.05) is 0 Å². The largest absolute Gasteiger partial charge is 0.478 e. The SMILES string of the molecule is N[C@@H](CC(=O)N1CCn2c(nnc2C(F)(F)F)C1)Cc1cc(F)c(F)cc1F.O=C(O[C@@H](C(=O)O)[C@@H](OC(=O)c1ccccc1)C(=O)O)c1ccccc1. The first-order valence-corrected chi connectivity index (χ1v) is 15.6. The van der Waals surface area contributed by atoms with Crippen LogP contribution in [0.5, 0.6) is 0 Å². The van der Waals surface area contributed by atoms with Crippen molar-refractivity contribution in [3.63, 3.8) is 0 Å². The zero-order chi connectivity index (χ0) is 39.7. The Labute approximate surface area is 300 Å². The van der Waals surface area contributed by atoms with E-state index < -0.39 is 77.5 Å². The first kappa shape index (κ1) is 40.5. The van der Waals surface area contributed by atoms with E-state index >= 15 is 0 Å². The number of rotatable bonds is 11. The van der Waals surface area contributed by atoms with E-state index in [0.29, 0.717) is 12.1 Å². The zero-order valence-corrected chi connectivity index (χ0v) is 27.6. The van der Waals surface area contributed by atoms with Crippen molar-refractivity contribution < 1.29 is 70.0 Å². The van der Waals surface area contributed by atoms with Crippen LogP contribution in [0.25, 0.3) is 0 Å². The lowest BCUT2D eigenvalue weighted by atomic mass is 10.0. The number of carbonyl (C=O) groups excluding carboxylic acids is 3. The Morgan fingerprint density at radius 1 is 0.759 bits per heavy atom. The Hall–Kier alpha value is -6.31. The number of nitrogens with zero attached hydrogens (tertiary/aromatic N) is 4. The summed E-state index contributed by atoms with van der Waals surface area (Å²) in [5.74, 6) is -10.8. The van der Waals surface area contributed by atoms with Gasteiger partial charge in [0.05, 0.1) is 17.7 Å². The molecule has 1 aliphatic rings. The standard InChI is InChI=1S/C18H14O8.C16H15F6N5O/c19-15(20)13(25-17(23)11-7-3-1-4-8-11)14(16(21)22)26-18(24)12-9-5-2-6-10-12;17-10-6-12(19)11(18)4-8(10)3-9(23)5-14(28)26-1-2-27-13(7-26)24-25-15(27)16(20,21)22/h1-10,13-14H,(H,19,20)(H,21,22);4,6,9H,1-3,5,7,23H2/t13-,14-;9-/m11/s1. The fourth-order valence-electron chi connectivity index (χ4n) is 5.01. The Morgan fingerprint density at radius 2 is 1.26 bits per heavy atom. The second-order valence-electron chi connectivity index (χ2n) is 11.5. The molecule has 2 heterocycles. The molecular formula is C34H29F6N5O9. The number of nitrogens with two attached hydrogens (primary N) is 1. The van der Waals surface area contributed by atoms with Crippen LogP contribution in [0, 0.1) is 17.5 Å². The molecule has 286 valence electrons. The van der Waals surface area contributed by atoms with Gasteiger partial charge in [-0.3, -0.25) is 4.79 Å². The molecule has 0 saturated heterocycles. The maximum Gasteiger partial charge on any atom is 0.451 e. The normalized spacial score (nSPS) is 14.0. The molecule has 4 aromatic rings. The van der Waals surface area contributed by atoms with Gasteiger partial charge < -0.3 is 34.9 Å². The molecule has 3 aromatic carbocycles. The highest BCUT2D eigenvalue weighted by molar-refractivity contribution is 5.95. The molecule has 3 atom stereocenters. The predicted molar refractivity (Wildman–Crippen MR) is 170 cm³/mol. The van der Waals surface area contributed by atoms with Crippen molar-refractivity contribution >= 4 is 29.8 Å². The quantitative estimate of drug-likeness (QED) is 0.114. The van der Waals surface area contributed by atoms with Crippen molar-refractivity contribution in [2.45, 2.75) is 50.4 Å². The number of hydrogen-bond donors (Lipinski definition) is 3. The fraction of sp³-hybridized carbons (Fsp3) is 0.265. The number of esters is 2. The number of fused-ring (bicyclic) bond motifs is 1. The number of benzene rings is 3. The van der Waals surface area contributed by atoms with E-state index in [4.69, 9.17) is 15.2 Å². The van der Waals surface area contributed by atoms with Crippen molar-refractivity contribution in [2.24, 2.45) is 5.73 Å². The minimum Gasteiger partial charge on any atom is -0.478 e. The molecule has 0 fully saturated rings. The van der Waals surface area contributed by atoms with E-state index in [1.165, 1.54) is 53.4 Å². The average Bonchev–Trinajstić information content (AvgIpc) is 3.57. The number of carboxylic acids is 2. The summed E-state index contributed by atoms with van der Waals surface area (Å²) in [6, 6.07) is 15.0. The van der Waals surface area contributed by atoms with Crippen LogP contribution in [0.1, 0.15) is 44.3 Å². The van der Waals surface area contributed by atoms with E-state index in [2.05, 4.69) is 10.2 Å². The number of hydrogen-bond acceptors (Lipinski definition) is 10. The minimum absolute atomic E-state index is 0.000783. The molecule has 0 radical (unpaired) electrons. The number of aliphatic carboxylic acids is 2. The van der Waals surface area contributed by atoms with Gasteiger partial charge in [-0.05, 0) is 42.3 Å². The average molecular weight is 766 g/mol. The Bertz CT molecular complexity index is 1930. The third-order valence-electron chi connectivity index (χ3n) is 7.62. The number of halogens is 6. The van der Waals surface area contributed by atoms with Gasteiger partial charge in [0.1, 0.15) is 5.82 Å². The number of alkyl halides is 3. The van der Waals surface area contributed by atoms with Crippen LogP contribution in [-0.2, 0) is 49.5 Å². The van der Waals surface area contributed by atoms with Crippen LogP contribution >= 0.6 is 0 Å². The predicted octanol–water partition coefficient (Wildman–Crippen LogP) is 3.62. The number of amides is 1. The number of aromatic nitrogens is 3. The van der Waals surface area contributed by atoms with Crippen molar-refractivity contribution in [1.82, 2.24) is 19.7 Å². The molecule has 0 spiro atoms. The van der Waals surface area contributed by atoms with Gasteiger partial charge in [0.2, 0.25) is 23.9 Å². The summed E-state index contributed by atoms with van der Waals surface area (Å²) >= 11 is 0. The molecule has 0 aliphatic carbocycles. The number of carbonyl (C=O) groups is 5. The van der Waals surface area contributed by atoms with Gasteiger partial charge in [-0.25, -0.2) is 32.3 Å². The van der Waals surface area contributed by atoms with Crippen molar-refractivity contribution in [2.75, 3.05) is 6.54 Å². The zero-order valence-electron chi connectivity index (χ0n) is 27.6. The molecule has 20 heteroatoms. The molecule has 0 bridgehead atoms. The summed E-state index contributed by atoms with van der Waals surface area (Å²) in [6.45, 7) is -0.302. The van der Waals surface area contributed by atoms with Crippen molar-refractivity contribution in [1.29, 1.82) is 0 Å². The highest BCUT2D eigenvalue weighted by Crippen LogP contribution is 2.29. The van der Waals surface area contributed by atoms with Gasteiger partial charge in [0.25, 0.3) is 0 Å². The Balaban J connectivity index is 0.000000241. The van der Waals surface area contributed by atoms with Gasteiger partial charge in [-0.15, -0.1) is 10.2 Å². The van der Waals surface area contributed by atoms with Gasteiger partial charge in [0, 0.05) is 31.6 Å². The first-order chi connectivity index (χ1) is 25.5. The van der Waals surface area contributed by atoms with Gasteiger partial charge >= 0.3 is 30.1 Å². The monoisotopic (exact) mass is 765 g/mol. The number of carboxylic acid groups (broad SMARTS) is 2. The topological polar surface area (TPSA) is 204 Å². The van der Waals surface area contributed by atoms with E-state index in [-0.39, 0.29) is 55.0 Å². The summed E-state index contributed by atoms with van der Waals surface area (Å²) < 4.78 is 88.8. The second kappa shape index (κ2) is 17.5. The molecule has 0 saturated carbocycles. The molecule has 0 unspecified atom stereocenters. The molecular weight excluding hydrogens is 736 g/mol. The third kappa shape index (κ3) is 10.4. The maximum absolute atomic E-state index is 13.7. The molecule has 54 heavy (non-hydrogen) atoms. The van der Waals surface area contributed by atoms with Crippen LogP contribution in [-0.4, -0.2) is 84.5 Å². The van der Waals surface area contributed by atoms with Gasteiger partial charge in [-0.2, -0.15) is 13.2 Å². The highest BCUT2D eigenvalue weighted by Gasteiger charge is 2.41. The highest BCUT2D eigenvalue weighted by atomic mass is 19.4. The Morgan fingerprint density at radius 3 is 1.74 bits per heavy atom. The van der Waals surface area contributed by atoms with Crippen molar-refractivity contribution in [3.8, 4) is 0 Å². The fourth-order valence-corrected chi connectivity index (χ4v) is 5.01. The lowest BCUT2D eigenvalue weighted by molar-refractivity contribution is -0.166. The summed E-state index contributed by atoms with van der Waals surface area (Å²) in [7, 11) is 0. The van der Waals surface area contributed by atoms with Gasteiger partial charge in [0.15, 0.2) is 17.5 Å². The lowest BCUT2D eigenvalue weighted by Crippen LogP contribution is -2.45. The minimum atomic E-state index is -4.64. The summed E-state index contributed by atoms with van der Waals surface area (Å²) in [4.78, 5) is 60.5. The third-order valence-corrected chi connectivity index (χ3v) is 7.62.